The van der Waals surface area contributed by atoms with Gasteiger partial charge in [0.2, 0.25) is 0 Å². The van der Waals surface area contributed by atoms with Crippen molar-refractivity contribution in [2.24, 2.45) is 0 Å². The molecule has 0 saturated carbocycles. The van der Waals surface area contributed by atoms with E-state index in [-0.39, 0.29) is 5.91 Å². The first-order chi connectivity index (χ1) is 9.75. The molecule has 1 aromatic carbocycles. The van der Waals surface area contributed by atoms with Gasteiger partial charge in [0, 0.05) is 41.5 Å². The van der Waals surface area contributed by atoms with Crippen molar-refractivity contribution in [2.45, 2.75) is 0 Å². The second-order valence-corrected chi connectivity index (χ2v) is 6.80. The number of halogens is 1. The molecule has 20 heavy (non-hydrogen) atoms. The predicted octanol–water partition coefficient (Wildman–Crippen LogP) is 3.43. The lowest BCUT2D eigenvalue weighted by molar-refractivity contribution is 0.0772. The highest BCUT2D eigenvalue weighted by Gasteiger charge is 2.21. The Hall–Kier alpha value is -1.20. The molecule has 0 aliphatic carbocycles. The molecule has 1 aliphatic heterocycles. The van der Waals surface area contributed by atoms with Crippen LogP contribution in [-0.4, -0.2) is 40.0 Å². The Labute approximate surface area is 131 Å². The molecule has 0 atom stereocenters. The molecular formula is C15H15BrN2OS. The highest BCUT2D eigenvalue weighted by atomic mass is 79.9. The Bertz CT molecular complexity index is 606. The van der Waals surface area contributed by atoms with Crippen molar-refractivity contribution in [3.05, 3.63) is 52.8 Å². The number of rotatable bonds is 2. The van der Waals surface area contributed by atoms with Crippen LogP contribution in [0.25, 0.3) is 5.69 Å². The molecule has 1 fully saturated rings. The third kappa shape index (κ3) is 2.79. The molecule has 2 aromatic rings. The summed E-state index contributed by atoms with van der Waals surface area (Å²) < 4.78 is 2.92. The summed E-state index contributed by atoms with van der Waals surface area (Å²) in [5.74, 6) is 2.17. The van der Waals surface area contributed by atoms with E-state index in [4.69, 9.17) is 0 Å². The van der Waals surface area contributed by atoms with Crippen molar-refractivity contribution in [3.8, 4) is 5.69 Å². The smallest absolute Gasteiger partial charge is 0.256 e. The molecule has 1 aliphatic rings. The van der Waals surface area contributed by atoms with Crippen LogP contribution in [0.3, 0.4) is 0 Å². The first kappa shape index (κ1) is 13.8. The van der Waals surface area contributed by atoms with Gasteiger partial charge in [-0.25, -0.2) is 0 Å². The maximum Gasteiger partial charge on any atom is 0.256 e. The van der Waals surface area contributed by atoms with Crippen molar-refractivity contribution < 1.29 is 4.79 Å². The molecule has 1 saturated heterocycles. The Morgan fingerprint density at radius 2 is 1.85 bits per heavy atom. The van der Waals surface area contributed by atoms with E-state index in [0.717, 1.165) is 40.3 Å². The zero-order valence-electron chi connectivity index (χ0n) is 11.0. The molecule has 0 unspecified atom stereocenters. The van der Waals surface area contributed by atoms with Crippen LogP contribution in [0, 0.1) is 0 Å². The van der Waals surface area contributed by atoms with Gasteiger partial charge in [-0.3, -0.25) is 4.79 Å². The van der Waals surface area contributed by atoms with Gasteiger partial charge in [-0.1, -0.05) is 15.9 Å². The van der Waals surface area contributed by atoms with Crippen LogP contribution >= 0.6 is 27.7 Å². The second kappa shape index (κ2) is 6.06. The summed E-state index contributed by atoms with van der Waals surface area (Å²) in [6.07, 6.45) is 3.93. The van der Waals surface area contributed by atoms with Crippen molar-refractivity contribution in [1.82, 2.24) is 9.47 Å². The molecule has 3 nitrogen and oxygen atoms in total. The van der Waals surface area contributed by atoms with Crippen LogP contribution in [0.5, 0.6) is 0 Å². The zero-order valence-corrected chi connectivity index (χ0v) is 13.4. The van der Waals surface area contributed by atoms with Gasteiger partial charge in [-0.05, 0) is 30.3 Å². The summed E-state index contributed by atoms with van der Waals surface area (Å²) in [5.41, 5.74) is 1.68. The lowest BCUT2D eigenvalue weighted by atomic mass is 10.1. The van der Waals surface area contributed by atoms with Gasteiger partial charge >= 0.3 is 0 Å². The summed E-state index contributed by atoms with van der Waals surface area (Å²) in [6.45, 7) is 1.67. The highest BCUT2D eigenvalue weighted by molar-refractivity contribution is 9.10. The monoisotopic (exact) mass is 350 g/mol. The standard InChI is InChI=1S/C15H15BrN2OS/c16-12-3-4-14(17-5-1-2-6-17)13(11-12)15(19)18-7-9-20-10-8-18/h1-6,11H,7-10H2. The molecule has 3 rings (SSSR count). The van der Waals surface area contributed by atoms with Crippen LogP contribution in [0.1, 0.15) is 10.4 Å². The van der Waals surface area contributed by atoms with Crippen molar-refractivity contribution in [3.63, 3.8) is 0 Å². The fourth-order valence-electron chi connectivity index (χ4n) is 2.34. The SMILES string of the molecule is O=C(c1cc(Br)ccc1-n1cccc1)N1CCSCC1. The van der Waals surface area contributed by atoms with Gasteiger partial charge in [0.25, 0.3) is 5.91 Å². The Morgan fingerprint density at radius 1 is 1.15 bits per heavy atom. The van der Waals surface area contributed by atoms with Crippen molar-refractivity contribution >= 4 is 33.6 Å². The number of carbonyl (C=O) groups is 1. The molecule has 104 valence electrons. The number of benzene rings is 1. The Morgan fingerprint density at radius 3 is 2.55 bits per heavy atom. The van der Waals surface area contributed by atoms with Crippen LogP contribution < -0.4 is 0 Å². The van der Waals surface area contributed by atoms with E-state index in [9.17, 15) is 4.79 Å². The molecule has 0 bridgehead atoms. The number of thioether (sulfide) groups is 1. The minimum absolute atomic E-state index is 0.121. The number of hydrogen-bond acceptors (Lipinski definition) is 2. The molecule has 2 heterocycles. The molecule has 5 heteroatoms. The van der Waals surface area contributed by atoms with Crippen LogP contribution in [0.4, 0.5) is 0 Å². The third-order valence-corrected chi connectivity index (χ3v) is 4.81. The van der Waals surface area contributed by atoms with Crippen molar-refractivity contribution in [1.29, 1.82) is 0 Å². The van der Waals surface area contributed by atoms with Gasteiger partial charge in [-0.15, -0.1) is 0 Å². The van der Waals surface area contributed by atoms with E-state index < -0.39 is 0 Å². The summed E-state index contributed by atoms with van der Waals surface area (Å²) in [4.78, 5) is 14.7. The number of amides is 1. The minimum Gasteiger partial charge on any atom is -0.337 e. The second-order valence-electron chi connectivity index (χ2n) is 4.66. The van der Waals surface area contributed by atoms with Gasteiger partial charge < -0.3 is 9.47 Å². The summed E-state index contributed by atoms with van der Waals surface area (Å²) in [6, 6.07) is 9.80. The van der Waals surface area contributed by atoms with Gasteiger partial charge in [0.1, 0.15) is 0 Å². The Kier molecular flexibility index (Phi) is 4.17. The Balaban J connectivity index is 1.98. The van der Waals surface area contributed by atoms with E-state index in [1.165, 1.54) is 0 Å². The van der Waals surface area contributed by atoms with E-state index >= 15 is 0 Å². The quantitative estimate of drug-likeness (QED) is 0.828. The van der Waals surface area contributed by atoms with Crippen LogP contribution in [0.2, 0.25) is 0 Å². The van der Waals surface area contributed by atoms with E-state index in [1.807, 2.05) is 64.0 Å². The average Bonchev–Trinajstić information content (AvgIpc) is 3.01. The predicted molar refractivity (Wildman–Crippen MR) is 86.7 cm³/mol. The average molecular weight is 351 g/mol. The minimum atomic E-state index is 0.121. The molecule has 0 N–H and O–H groups in total. The first-order valence-electron chi connectivity index (χ1n) is 6.55. The van der Waals surface area contributed by atoms with E-state index in [2.05, 4.69) is 15.9 Å². The lowest BCUT2D eigenvalue weighted by Crippen LogP contribution is -2.38. The summed E-state index contributed by atoms with van der Waals surface area (Å²) >= 11 is 5.38. The van der Waals surface area contributed by atoms with Gasteiger partial charge in [0.15, 0.2) is 0 Å². The summed E-state index contributed by atoms with van der Waals surface area (Å²) in [5, 5.41) is 0. The molecule has 1 aromatic heterocycles. The normalized spacial score (nSPS) is 15.3. The third-order valence-electron chi connectivity index (χ3n) is 3.37. The van der Waals surface area contributed by atoms with E-state index in [1.54, 1.807) is 0 Å². The van der Waals surface area contributed by atoms with Crippen LogP contribution in [0.15, 0.2) is 47.2 Å². The number of nitrogens with zero attached hydrogens (tertiary/aromatic N) is 2. The fourth-order valence-corrected chi connectivity index (χ4v) is 3.60. The number of aromatic nitrogens is 1. The fraction of sp³-hybridized carbons (Fsp3) is 0.267. The largest absolute Gasteiger partial charge is 0.337 e. The molecular weight excluding hydrogens is 336 g/mol. The van der Waals surface area contributed by atoms with Gasteiger partial charge in [0.05, 0.1) is 11.3 Å². The topological polar surface area (TPSA) is 25.2 Å². The lowest BCUT2D eigenvalue weighted by Gasteiger charge is -2.27. The van der Waals surface area contributed by atoms with Crippen LogP contribution in [-0.2, 0) is 0 Å². The highest BCUT2D eigenvalue weighted by Crippen LogP contribution is 2.23. The maximum absolute atomic E-state index is 12.8. The van der Waals surface area contributed by atoms with E-state index in [0.29, 0.717) is 0 Å². The van der Waals surface area contributed by atoms with Gasteiger partial charge in [-0.2, -0.15) is 11.8 Å². The summed E-state index contributed by atoms with van der Waals surface area (Å²) in [7, 11) is 0. The van der Waals surface area contributed by atoms with Crippen molar-refractivity contribution in [2.75, 3.05) is 24.6 Å². The zero-order chi connectivity index (χ0) is 13.9. The first-order valence-corrected chi connectivity index (χ1v) is 8.50. The molecule has 0 spiro atoms. The molecule has 1 amide bonds. The molecule has 0 radical (unpaired) electrons. The number of hydrogen-bond donors (Lipinski definition) is 0. The maximum atomic E-state index is 12.8. The number of carbonyl (C=O) groups excluding carboxylic acids is 1.